The summed E-state index contributed by atoms with van der Waals surface area (Å²) in [6.45, 7) is 9.07. The lowest BCUT2D eigenvalue weighted by Crippen LogP contribution is -2.41. The number of nitrogens with one attached hydrogen (secondary N) is 1. The number of amides is 1. The zero-order valence-electron chi connectivity index (χ0n) is 11.5. The van der Waals surface area contributed by atoms with Gasteiger partial charge in [0.2, 0.25) is 5.76 Å². The summed E-state index contributed by atoms with van der Waals surface area (Å²) in [5.41, 5.74) is 0.714. The number of hydrogen-bond donors (Lipinski definition) is 1. The Morgan fingerprint density at radius 1 is 1.53 bits per heavy atom. The van der Waals surface area contributed by atoms with Crippen molar-refractivity contribution in [1.29, 1.82) is 0 Å². The van der Waals surface area contributed by atoms with Crippen molar-refractivity contribution in [2.45, 2.75) is 13.8 Å². The van der Waals surface area contributed by atoms with E-state index in [9.17, 15) is 4.79 Å². The fraction of sp³-hybridized carbons (Fsp3) is 0.692. The number of nitrogens with zero attached hydrogens (tertiary/aromatic N) is 2. The van der Waals surface area contributed by atoms with Crippen LogP contribution in [0, 0.1) is 12.8 Å². The third-order valence-corrected chi connectivity index (χ3v) is 3.14. The highest BCUT2D eigenvalue weighted by atomic mass is 16.5. The number of hydrogen-bond acceptors (Lipinski definition) is 5. The molecule has 2 heterocycles. The quantitative estimate of drug-likeness (QED) is 0.849. The zero-order chi connectivity index (χ0) is 13.7. The van der Waals surface area contributed by atoms with Crippen LogP contribution in [-0.4, -0.2) is 55.4 Å². The van der Waals surface area contributed by atoms with Gasteiger partial charge in [-0.05, 0) is 12.8 Å². The minimum Gasteiger partial charge on any atom is -0.379 e. The molecule has 1 saturated heterocycles. The summed E-state index contributed by atoms with van der Waals surface area (Å²) in [6.07, 6.45) is 0. The molecule has 1 aliphatic rings. The number of carbonyl (C=O) groups is 1. The first-order chi connectivity index (χ1) is 9.15. The molecular formula is C13H21N3O3. The molecule has 19 heavy (non-hydrogen) atoms. The van der Waals surface area contributed by atoms with Gasteiger partial charge in [0.25, 0.3) is 5.91 Å². The number of aryl methyl sites for hydroxylation is 1. The molecule has 1 atom stereocenters. The fourth-order valence-corrected chi connectivity index (χ4v) is 2.11. The maximum Gasteiger partial charge on any atom is 0.289 e. The third-order valence-electron chi connectivity index (χ3n) is 3.14. The van der Waals surface area contributed by atoms with Crippen LogP contribution in [0.25, 0.3) is 0 Å². The molecule has 6 nitrogen and oxygen atoms in total. The Balaban J connectivity index is 1.70. The van der Waals surface area contributed by atoms with Gasteiger partial charge in [0.05, 0.1) is 18.9 Å². The number of ether oxygens (including phenoxy) is 1. The molecule has 0 aliphatic carbocycles. The smallest absolute Gasteiger partial charge is 0.289 e. The second-order valence-electron chi connectivity index (χ2n) is 5.06. The first kappa shape index (κ1) is 14.0. The maximum atomic E-state index is 11.8. The monoisotopic (exact) mass is 267 g/mol. The van der Waals surface area contributed by atoms with Gasteiger partial charge >= 0.3 is 0 Å². The van der Waals surface area contributed by atoms with E-state index in [0.29, 0.717) is 18.2 Å². The largest absolute Gasteiger partial charge is 0.379 e. The molecule has 1 amide bonds. The normalized spacial score (nSPS) is 18.2. The predicted molar refractivity (Wildman–Crippen MR) is 70.0 cm³/mol. The van der Waals surface area contributed by atoms with Gasteiger partial charge in [0.15, 0.2) is 0 Å². The molecule has 0 aromatic carbocycles. The Bertz CT molecular complexity index is 413. The fourth-order valence-electron chi connectivity index (χ4n) is 2.11. The SMILES string of the molecule is Cc1cc(C(=O)NCC(C)CN2CCOCC2)on1. The average molecular weight is 267 g/mol. The minimum absolute atomic E-state index is 0.200. The lowest BCUT2D eigenvalue weighted by Gasteiger charge is -2.29. The van der Waals surface area contributed by atoms with E-state index >= 15 is 0 Å². The van der Waals surface area contributed by atoms with Crippen LogP contribution >= 0.6 is 0 Å². The van der Waals surface area contributed by atoms with Gasteiger partial charge < -0.3 is 14.6 Å². The van der Waals surface area contributed by atoms with Crippen molar-refractivity contribution in [1.82, 2.24) is 15.4 Å². The molecule has 1 aromatic heterocycles. The Morgan fingerprint density at radius 3 is 2.89 bits per heavy atom. The van der Waals surface area contributed by atoms with Crippen molar-refractivity contribution in [3.8, 4) is 0 Å². The number of carbonyl (C=O) groups excluding carboxylic acids is 1. The summed E-state index contributed by atoms with van der Waals surface area (Å²) < 4.78 is 10.2. The van der Waals surface area contributed by atoms with Crippen LogP contribution in [0.2, 0.25) is 0 Å². The molecule has 1 aliphatic heterocycles. The van der Waals surface area contributed by atoms with Gasteiger partial charge in [-0.25, -0.2) is 0 Å². The maximum absolute atomic E-state index is 11.8. The van der Waals surface area contributed by atoms with E-state index in [-0.39, 0.29) is 11.7 Å². The summed E-state index contributed by atoms with van der Waals surface area (Å²) in [6, 6.07) is 1.64. The molecule has 0 radical (unpaired) electrons. The van der Waals surface area contributed by atoms with Crippen molar-refractivity contribution < 1.29 is 14.1 Å². The molecule has 0 saturated carbocycles. The summed E-state index contributed by atoms with van der Waals surface area (Å²) in [5.74, 6) is 0.469. The summed E-state index contributed by atoms with van der Waals surface area (Å²) >= 11 is 0. The topological polar surface area (TPSA) is 67.6 Å². The van der Waals surface area contributed by atoms with Crippen LogP contribution < -0.4 is 5.32 Å². The van der Waals surface area contributed by atoms with Gasteiger partial charge in [0, 0.05) is 32.2 Å². The highest BCUT2D eigenvalue weighted by Crippen LogP contribution is 2.04. The molecule has 1 aromatic rings. The highest BCUT2D eigenvalue weighted by molar-refractivity contribution is 5.91. The summed E-state index contributed by atoms with van der Waals surface area (Å²) in [4.78, 5) is 14.1. The van der Waals surface area contributed by atoms with Gasteiger partial charge in [-0.2, -0.15) is 0 Å². The van der Waals surface area contributed by atoms with Crippen molar-refractivity contribution in [2.24, 2.45) is 5.92 Å². The Hall–Kier alpha value is -1.40. The summed E-state index contributed by atoms with van der Waals surface area (Å²) in [5, 5.41) is 6.57. The number of aromatic nitrogens is 1. The molecular weight excluding hydrogens is 246 g/mol. The van der Waals surface area contributed by atoms with E-state index in [4.69, 9.17) is 9.26 Å². The van der Waals surface area contributed by atoms with Crippen LogP contribution in [0.1, 0.15) is 23.2 Å². The van der Waals surface area contributed by atoms with Crippen LogP contribution in [0.5, 0.6) is 0 Å². The second-order valence-corrected chi connectivity index (χ2v) is 5.06. The van der Waals surface area contributed by atoms with Crippen molar-refractivity contribution in [2.75, 3.05) is 39.4 Å². The second kappa shape index (κ2) is 6.68. The average Bonchev–Trinajstić information content (AvgIpc) is 2.84. The summed E-state index contributed by atoms with van der Waals surface area (Å²) in [7, 11) is 0. The predicted octanol–water partition coefficient (Wildman–Crippen LogP) is 0.681. The van der Waals surface area contributed by atoms with Crippen LogP contribution in [0.4, 0.5) is 0 Å². The number of rotatable bonds is 5. The van der Waals surface area contributed by atoms with E-state index in [1.807, 2.05) is 0 Å². The standard InChI is InChI=1S/C13H21N3O3/c1-10(9-16-3-5-18-6-4-16)8-14-13(17)12-7-11(2)15-19-12/h7,10H,3-6,8-9H2,1-2H3,(H,14,17). The molecule has 6 heteroatoms. The van der Waals surface area contributed by atoms with Gasteiger partial charge in [0.1, 0.15) is 0 Å². The first-order valence-corrected chi connectivity index (χ1v) is 6.67. The van der Waals surface area contributed by atoms with Crippen molar-refractivity contribution in [3.05, 3.63) is 17.5 Å². The van der Waals surface area contributed by atoms with E-state index in [0.717, 1.165) is 32.8 Å². The first-order valence-electron chi connectivity index (χ1n) is 6.67. The van der Waals surface area contributed by atoms with Crippen LogP contribution in [0.15, 0.2) is 10.6 Å². The molecule has 2 rings (SSSR count). The van der Waals surface area contributed by atoms with Crippen LogP contribution in [0.3, 0.4) is 0 Å². The van der Waals surface area contributed by atoms with Crippen LogP contribution in [-0.2, 0) is 4.74 Å². The lowest BCUT2D eigenvalue weighted by molar-refractivity contribution is 0.0317. The third kappa shape index (κ3) is 4.33. The van der Waals surface area contributed by atoms with E-state index in [2.05, 4.69) is 22.3 Å². The zero-order valence-corrected chi connectivity index (χ0v) is 11.5. The highest BCUT2D eigenvalue weighted by Gasteiger charge is 2.16. The number of morpholine rings is 1. The minimum atomic E-state index is -0.200. The molecule has 0 bridgehead atoms. The Labute approximate surface area is 113 Å². The Kier molecular flexibility index (Phi) is 4.93. The Morgan fingerprint density at radius 2 is 2.26 bits per heavy atom. The molecule has 1 N–H and O–H groups in total. The van der Waals surface area contributed by atoms with Crippen molar-refractivity contribution in [3.63, 3.8) is 0 Å². The van der Waals surface area contributed by atoms with E-state index < -0.39 is 0 Å². The molecule has 106 valence electrons. The van der Waals surface area contributed by atoms with E-state index in [1.165, 1.54) is 0 Å². The van der Waals surface area contributed by atoms with Gasteiger partial charge in [-0.15, -0.1) is 0 Å². The molecule has 0 spiro atoms. The van der Waals surface area contributed by atoms with Crippen molar-refractivity contribution >= 4 is 5.91 Å². The van der Waals surface area contributed by atoms with E-state index in [1.54, 1.807) is 13.0 Å². The van der Waals surface area contributed by atoms with Gasteiger partial charge in [-0.1, -0.05) is 12.1 Å². The van der Waals surface area contributed by atoms with Gasteiger partial charge in [-0.3, -0.25) is 9.69 Å². The lowest BCUT2D eigenvalue weighted by atomic mass is 10.1. The molecule has 1 fully saturated rings. The molecule has 1 unspecified atom stereocenters.